The number of rotatable bonds is 3. The highest BCUT2D eigenvalue weighted by Gasteiger charge is 2.10. The minimum atomic E-state index is -0.790. The Labute approximate surface area is 93.0 Å². The van der Waals surface area contributed by atoms with Gasteiger partial charge in [0, 0.05) is 17.8 Å². The van der Waals surface area contributed by atoms with Crippen molar-refractivity contribution in [2.24, 2.45) is 0 Å². The highest BCUT2D eigenvalue weighted by molar-refractivity contribution is 5.78. The van der Waals surface area contributed by atoms with E-state index >= 15 is 0 Å². The molecule has 0 radical (unpaired) electrons. The van der Waals surface area contributed by atoms with E-state index < -0.39 is 5.97 Å². The lowest BCUT2D eigenvalue weighted by Crippen LogP contribution is -2.03. The largest absolute Gasteiger partial charge is 0.481 e. The fraction of sp³-hybridized carbons (Fsp3) is 0.250. The summed E-state index contributed by atoms with van der Waals surface area (Å²) in [5.74, 6) is -0.815. The Hall–Kier alpha value is -1.97. The molecule has 1 atom stereocenters. The van der Waals surface area contributed by atoms with Crippen LogP contribution in [-0.4, -0.2) is 21.0 Å². The van der Waals surface area contributed by atoms with Gasteiger partial charge in [-0.3, -0.25) is 14.8 Å². The maximum absolute atomic E-state index is 10.6. The number of hydrogen-bond donors (Lipinski definition) is 1. The molecule has 0 aliphatic carbocycles. The highest BCUT2D eigenvalue weighted by atomic mass is 16.4. The van der Waals surface area contributed by atoms with Gasteiger partial charge in [0.1, 0.15) is 0 Å². The van der Waals surface area contributed by atoms with Crippen molar-refractivity contribution in [2.45, 2.75) is 19.3 Å². The Morgan fingerprint density at radius 1 is 1.50 bits per heavy atom. The summed E-state index contributed by atoms with van der Waals surface area (Å²) in [5, 5.41) is 9.72. The Kier molecular flexibility index (Phi) is 2.81. The van der Waals surface area contributed by atoms with Gasteiger partial charge in [-0.15, -0.1) is 0 Å². The van der Waals surface area contributed by atoms with E-state index in [-0.39, 0.29) is 12.3 Å². The van der Waals surface area contributed by atoms with Crippen molar-refractivity contribution >= 4 is 16.9 Å². The first-order valence-corrected chi connectivity index (χ1v) is 5.08. The van der Waals surface area contributed by atoms with Crippen molar-refractivity contribution in [1.82, 2.24) is 9.97 Å². The summed E-state index contributed by atoms with van der Waals surface area (Å²) in [4.78, 5) is 18.8. The quantitative estimate of drug-likeness (QED) is 0.854. The monoisotopic (exact) mass is 216 g/mol. The Balaban J connectivity index is 2.35. The van der Waals surface area contributed by atoms with Crippen LogP contribution in [0.4, 0.5) is 0 Å². The second-order valence-corrected chi connectivity index (χ2v) is 3.84. The summed E-state index contributed by atoms with van der Waals surface area (Å²) in [5.41, 5.74) is 1.77. The molecule has 0 aromatic carbocycles. The number of fused-ring (bicyclic) bond motifs is 1. The summed E-state index contributed by atoms with van der Waals surface area (Å²) in [6, 6.07) is 3.84. The number of hydrogen-bond acceptors (Lipinski definition) is 3. The summed E-state index contributed by atoms with van der Waals surface area (Å²) in [6.07, 6.45) is 5.24. The van der Waals surface area contributed by atoms with Crippen LogP contribution in [0.15, 0.2) is 30.7 Å². The van der Waals surface area contributed by atoms with Crippen molar-refractivity contribution in [2.75, 3.05) is 0 Å². The predicted molar refractivity (Wildman–Crippen MR) is 60.2 cm³/mol. The van der Waals surface area contributed by atoms with Crippen molar-refractivity contribution in [1.29, 1.82) is 0 Å². The van der Waals surface area contributed by atoms with Gasteiger partial charge in [-0.1, -0.05) is 6.92 Å². The van der Waals surface area contributed by atoms with Gasteiger partial charge in [0.25, 0.3) is 0 Å². The van der Waals surface area contributed by atoms with E-state index in [0.717, 1.165) is 16.5 Å². The zero-order valence-electron chi connectivity index (χ0n) is 8.92. The molecule has 2 aromatic heterocycles. The number of aliphatic carboxylic acids is 1. The second kappa shape index (κ2) is 4.26. The molecule has 0 bridgehead atoms. The van der Waals surface area contributed by atoms with Gasteiger partial charge in [0.2, 0.25) is 0 Å². The van der Waals surface area contributed by atoms with Crippen LogP contribution >= 0.6 is 0 Å². The van der Waals surface area contributed by atoms with Crippen LogP contribution < -0.4 is 0 Å². The molecule has 82 valence electrons. The van der Waals surface area contributed by atoms with E-state index in [2.05, 4.69) is 9.97 Å². The molecule has 1 N–H and O–H groups in total. The predicted octanol–water partition coefficient (Wildman–Crippen LogP) is 2.21. The molecule has 16 heavy (non-hydrogen) atoms. The topological polar surface area (TPSA) is 63.1 Å². The third-order valence-electron chi connectivity index (χ3n) is 2.56. The highest BCUT2D eigenvalue weighted by Crippen LogP contribution is 2.21. The fourth-order valence-corrected chi connectivity index (χ4v) is 1.64. The fourth-order valence-electron chi connectivity index (χ4n) is 1.64. The number of carboxylic acid groups (broad SMARTS) is 1. The first kappa shape index (κ1) is 10.5. The molecule has 2 aromatic rings. The van der Waals surface area contributed by atoms with Crippen LogP contribution in [0.25, 0.3) is 10.9 Å². The molecule has 4 nitrogen and oxygen atoms in total. The summed E-state index contributed by atoms with van der Waals surface area (Å²) >= 11 is 0. The lowest BCUT2D eigenvalue weighted by atomic mass is 9.98. The maximum atomic E-state index is 10.6. The van der Waals surface area contributed by atoms with Gasteiger partial charge in [-0.2, -0.15) is 0 Å². The average molecular weight is 216 g/mol. The van der Waals surface area contributed by atoms with Gasteiger partial charge in [-0.05, 0) is 23.6 Å². The molecule has 0 fully saturated rings. The lowest BCUT2D eigenvalue weighted by Gasteiger charge is -2.09. The number of carbonyl (C=O) groups is 1. The van der Waals surface area contributed by atoms with Crippen LogP contribution in [0.3, 0.4) is 0 Å². The summed E-state index contributed by atoms with van der Waals surface area (Å²) in [6.45, 7) is 1.89. The van der Waals surface area contributed by atoms with Crippen LogP contribution in [-0.2, 0) is 4.79 Å². The first-order valence-electron chi connectivity index (χ1n) is 5.08. The first-order chi connectivity index (χ1) is 7.66. The SMILES string of the molecule is CC(CC(=O)O)c1cnc2cnccc2c1. The van der Waals surface area contributed by atoms with Crippen molar-refractivity contribution in [3.8, 4) is 0 Å². The Morgan fingerprint density at radius 2 is 2.31 bits per heavy atom. The van der Waals surface area contributed by atoms with Crippen LogP contribution in [0.2, 0.25) is 0 Å². The molecule has 0 saturated carbocycles. The van der Waals surface area contributed by atoms with E-state index in [9.17, 15) is 4.79 Å². The zero-order chi connectivity index (χ0) is 11.5. The number of nitrogens with zero attached hydrogens (tertiary/aromatic N) is 2. The number of pyridine rings is 2. The summed E-state index contributed by atoms with van der Waals surface area (Å²) in [7, 11) is 0. The Morgan fingerprint density at radius 3 is 3.06 bits per heavy atom. The van der Waals surface area contributed by atoms with Crippen LogP contribution in [0, 0.1) is 0 Å². The molecular weight excluding hydrogens is 204 g/mol. The van der Waals surface area contributed by atoms with E-state index in [0.29, 0.717) is 0 Å². The van der Waals surface area contributed by atoms with Crippen molar-refractivity contribution in [3.63, 3.8) is 0 Å². The smallest absolute Gasteiger partial charge is 0.303 e. The van der Waals surface area contributed by atoms with Gasteiger partial charge in [-0.25, -0.2) is 0 Å². The minimum Gasteiger partial charge on any atom is -0.481 e. The van der Waals surface area contributed by atoms with Crippen LogP contribution in [0.5, 0.6) is 0 Å². The molecule has 0 aliphatic rings. The normalized spacial score (nSPS) is 12.6. The molecule has 0 amide bonds. The van der Waals surface area contributed by atoms with Crippen molar-refractivity contribution < 1.29 is 9.90 Å². The zero-order valence-corrected chi connectivity index (χ0v) is 8.92. The van der Waals surface area contributed by atoms with Gasteiger partial charge >= 0.3 is 5.97 Å². The number of carboxylic acids is 1. The number of aromatic nitrogens is 2. The molecule has 0 aliphatic heterocycles. The van der Waals surface area contributed by atoms with Gasteiger partial charge in [0.05, 0.1) is 18.1 Å². The summed E-state index contributed by atoms with van der Waals surface area (Å²) < 4.78 is 0. The van der Waals surface area contributed by atoms with E-state index in [4.69, 9.17) is 5.11 Å². The molecule has 0 saturated heterocycles. The third kappa shape index (κ3) is 2.16. The molecule has 0 spiro atoms. The minimum absolute atomic E-state index is 0.0254. The van der Waals surface area contributed by atoms with E-state index in [1.54, 1.807) is 18.6 Å². The van der Waals surface area contributed by atoms with E-state index in [1.165, 1.54) is 0 Å². The maximum Gasteiger partial charge on any atom is 0.303 e. The molecule has 2 rings (SSSR count). The molecule has 2 heterocycles. The standard InChI is InChI=1S/C12H12N2O2/c1-8(4-12(15)16)10-5-9-2-3-13-7-11(9)14-6-10/h2-3,5-8H,4H2,1H3,(H,15,16). The van der Waals surface area contributed by atoms with Crippen molar-refractivity contribution in [3.05, 3.63) is 36.3 Å². The van der Waals surface area contributed by atoms with Crippen LogP contribution in [0.1, 0.15) is 24.8 Å². The third-order valence-corrected chi connectivity index (χ3v) is 2.56. The van der Waals surface area contributed by atoms with E-state index in [1.807, 2.05) is 19.1 Å². The molecular formula is C12H12N2O2. The Bertz CT molecular complexity index is 525. The molecule has 4 heteroatoms. The average Bonchev–Trinajstić information content (AvgIpc) is 2.27. The second-order valence-electron chi connectivity index (χ2n) is 3.84. The van der Waals surface area contributed by atoms with Gasteiger partial charge < -0.3 is 5.11 Å². The van der Waals surface area contributed by atoms with Gasteiger partial charge in [0.15, 0.2) is 0 Å². The lowest BCUT2D eigenvalue weighted by molar-refractivity contribution is -0.137. The molecule has 1 unspecified atom stereocenters.